The molecule has 0 saturated carbocycles. The molecule has 1 aromatic heterocycles. The minimum absolute atomic E-state index is 0.141. The predicted octanol–water partition coefficient (Wildman–Crippen LogP) is 2.54. The van der Waals surface area contributed by atoms with Crippen LogP contribution in [0, 0.1) is 6.92 Å². The Kier molecular flexibility index (Phi) is 3.42. The number of hydrogen-bond donors (Lipinski definition) is 2. The molecular formula is C16H16N4O2. The van der Waals surface area contributed by atoms with Gasteiger partial charge in [0.25, 0.3) is 0 Å². The molecule has 0 bridgehead atoms. The standard InChI is InChI=1S/C16H16N4O2/c1-10-6-7-14(22-2)13(8-10)15-16(17)20(19-18-15)11-4-3-5-12(21)9-11/h3-9,21H,17H2,1-2H3. The van der Waals surface area contributed by atoms with Crippen molar-refractivity contribution in [3.05, 3.63) is 48.0 Å². The number of aromatic nitrogens is 3. The van der Waals surface area contributed by atoms with Crippen molar-refractivity contribution in [3.8, 4) is 28.4 Å². The van der Waals surface area contributed by atoms with E-state index in [0.717, 1.165) is 11.1 Å². The zero-order valence-corrected chi connectivity index (χ0v) is 12.3. The second kappa shape index (κ2) is 5.40. The van der Waals surface area contributed by atoms with Crippen molar-refractivity contribution in [2.45, 2.75) is 6.92 Å². The fraction of sp³-hybridized carbons (Fsp3) is 0.125. The van der Waals surface area contributed by atoms with Crippen LogP contribution in [0.2, 0.25) is 0 Å². The highest BCUT2D eigenvalue weighted by Gasteiger charge is 2.17. The van der Waals surface area contributed by atoms with Crippen LogP contribution >= 0.6 is 0 Å². The van der Waals surface area contributed by atoms with Gasteiger partial charge in [0.2, 0.25) is 0 Å². The molecule has 2 aromatic carbocycles. The molecule has 3 rings (SSSR count). The molecule has 0 atom stereocenters. The monoisotopic (exact) mass is 296 g/mol. The maximum Gasteiger partial charge on any atom is 0.156 e. The number of rotatable bonds is 3. The Hall–Kier alpha value is -3.02. The van der Waals surface area contributed by atoms with E-state index in [2.05, 4.69) is 10.3 Å². The van der Waals surface area contributed by atoms with Crippen molar-refractivity contribution in [2.24, 2.45) is 0 Å². The third-order valence-electron chi connectivity index (χ3n) is 3.39. The molecule has 0 spiro atoms. The molecule has 0 aliphatic rings. The highest BCUT2D eigenvalue weighted by molar-refractivity contribution is 5.76. The van der Waals surface area contributed by atoms with Gasteiger partial charge in [-0.1, -0.05) is 22.9 Å². The Morgan fingerprint density at radius 1 is 1.18 bits per heavy atom. The zero-order valence-electron chi connectivity index (χ0n) is 12.3. The maximum atomic E-state index is 9.59. The van der Waals surface area contributed by atoms with Crippen LogP contribution < -0.4 is 10.5 Å². The van der Waals surface area contributed by atoms with Gasteiger partial charge in [0, 0.05) is 11.6 Å². The van der Waals surface area contributed by atoms with Crippen molar-refractivity contribution in [2.75, 3.05) is 12.8 Å². The van der Waals surface area contributed by atoms with Crippen LogP contribution in [0.15, 0.2) is 42.5 Å². The van der Waals surface area contributed by atoms with Gasteiger partial charge in [0.15, 0.2) is 5.82 Å². The molecule has 1 heterocycles. The smallest absolute Gasteiger partial charge is 0.156 e. The van der Waals surface area contributed by atoms with E-state index in [-0.39, 0.29) is 5.75 Å². The van der Waals surface area contributed by atoms with Crippen LogP contribution in [-0.4, -0.2) is 27.2 Å². The predicted molar refractivity (Wildman–Crippen MR) is 84.2 cm³/mol. The molecule has 0 aliphatic carbocycles. The Morgan fingerprint density at radius 2 is 2.00 bits per heavy atom. The topological polar surface area (TPSA) is 86.2 Å². The van der Waals surface area contributed by atoms with Crippen LogP contribution in [0.3, 0.4) is 0 Å². The lowest BCUT2D eigenvalue weighted by Crippen LogP contribution is -2.02. The van der Waals surface area contributed by atoms with Crippen LogP contribution in [-0.2, 0) is 0 Å². The van der Waals surface area contributed by atoms with E-state index in [1.165, 1.54) is 4.68 Å². The Bertz CT molecular complexity index is 827. The number of phenolic OH excluding ortho intramolecular Hbond substituents is 1. The number of nitrogens with two attached hydrogens (primary N) is 1. The SMILES string of the molecule is COc1ccc(C)cc1-c1nnn(-c2cccc(O)c2)c1N. The van der Waals surface area contributed by atoms with Crippen molar-refractivity contribution >= 4 is 5.82 Å². The van der Waals surface area contributed by atoms with Gasteiger partial charge in [-0.05, 0) is 31.2 Å². The van der Waals surface area contributed by atoms with Crippen LogP contribution in [0.1, 0.15) is 5.56 Å². The average Bonchev–Trinajstić information content (AvgIpc) is 2.89. The van der Waals surface area contributed by atoms with Crippen molar-refractivity contribution in [1.82, 2.24) is 15.0 Å². The third kappa shape index (κ3) is 2.35. The summed E-state index contributed by atoms with van der Waals surface area (Å²) in [6.07, 6.45) is 0. The molecule has 3 N–H and O–H groups in total. The molecule has 0 fully saturated rings. The molecule has 0 amide bonds. The highest BCUT2D eigenvalue weighted by Crippen LogP contribution is 2.33. The quantitative estimate of drug-likeness (QED) is 0.775. The lowest BCUT2D eigenvalue weighted by molar-refractivity contribution is 0.416. The van der Waals surface area contributed by atoms with E-state index >= 15 is 0 Å². The summed E-state index contributed by atoms with van der Waals surface area (Å²) < 4.78 is 6.85. The van der Waals surface area contributed by atoms with Gasteiger partial charge in [0.1, 0.15) is 17.2 Å². The molecule has 3 aromatic rings. The van der Waals surface area contributed by atoms with E-state index in [1.54, 1.807) is 31.4 Å². The van der Waals surface area contributed by atoms with Gasteiger partial charge in [-0.15, -0.1) is 5.10 Å². The number of benzene rings is 2. The van der Waals surface area contributed by atoms with Crippen LogP contribution in [0.5, 0.6) is 11.5 Å². The van der Waals surface area contributed by atoms with E-state index in [0.29, 0.717) is 22.9 Å². The first-order valence-corrected chi connectivity index (χ1v) is 6.75. The molecule has 0 unspecified atom stereocenters. The number of phenols is 1. The summed E-state index contributed by atoms with van der Waals surface area (Å²) in [5.41, 5.74) is 9.23. The number of nitrogen functional groups attached to an aromatic ring is 1. The highest BCUT2D eigenvalue weighted by atomic mass is 16.5. The average molecular weight is 296 g/mol. The van der Waals surface area contributed by atoms with Gasteiger partial charge in [-0.2, -0.15) is 4.68 Å². The molecule has 0 radical (unpaired) electrons. The number of aryl methyl sites for hydroxylation is 1. The molecule has 6 nitrogen and oxygen atoms in total. The number of methoxy groups -OCH3 is 1. The van der Waals surface area contributed by atoms with Gasteiger partial charge in [0.05, 0.1) is 12.8 Å². The Morgan fingerprint density at radius 3 is 2.73 bits per heavy atom. The fourth-order valence-electron chi connectivity index (χ4n) is 2.30. The summed E-state index contributed by atoms with van der Waals surface area (Å²) in [6.45, 7) is 1.98. The van der Waals surface area contributed by atoms with Crippen molar-refractivity contribution < 1.29 is 9.84 Å². The second-order valence-corrected chi connectivity index (χ2v) is 4.96. The number of anilines is 1. The largest absolute Gasteiger partial charge is 0.508 e. The first kappa shape index (κ1) is 13.9. The lowest BCUT2D eigenvalue weighted by atomic mass is 10.1. The normalized spacial score (nSPS) is 10.6. The molecule has 0 saturated heterocycles. The van der Waals surface area contributed by atoms with Crippen LogP contribution in [0.4, 0.5) is 5.82 Å². The third-order valence-corrected chi connectivity index (χ3v) is 3.39. The molecule has 0 aliphatic heterocycles. The summed E-state index contributed by atoms with van der Waals surface area (Å²) in [5, 5.41) is 17.8. The summed E-state index contributed by atoms with van der Waals surface area (Å²) in [4.78, 5) is 0. The molecular weight excluding hydrogens is 280 g/mol. The minimum Gasteiger partial charge on any atom is -0.508 e. The molecule has 6 heteroatoms. The van der Waals surface area contributed by atoms with Crippen molar-refractivity contribution in [3.63, 3.8) is 0 Å². The van der Waals surface area contributed by atoms with E-state index in [9.17, 15) is 5.11 Å². The number of aromatic hydroxyl groups is 1. The first-order valence-electron chi connectivity index (χ1n) is 6.75. The number of ether oxygens (including phenoxy) is 1. The summed E-state index contributed by atoms with van der Waals surface area (Å²) >= 11 is 0. The van der Waals surface area contributed by atoms with Gasteiger partial charge in [-0.3, -0.25) is 0 Å². The molecule has 22 heavy (non-hydrogen) atoms. The Labute approximate surface area is 127 Å². The van der Waals surface area contributed by atoms with E-state index < -0.39 is 0 Å². The van der Waals surface area contributed by atoms with E-state index in [1.807, 2.05) is 25.1 Å². The van der Waals surface area contributed by atoms with E-state index in [4.69, 9.17) is 10.5 Å². The zero-order chi connectivity index (χ0) is 15.7. The lowest BCUT2D eigenvalue weighted by Gasteiger charge is -2.08. The molecule has 112 valence electrons. The second-order valence-electron chi connectivity index (χ2n) is 4.96. The Balaban J connectivity index is 2.14. The summed E-state index contributed by atoms with van der Waals surface area (Å²) in [7, 11) is 1.60. The van der Waals surface area contributed by atoms with Gasteiger partial charge in [-0.25, -0.2) is 0 Å². The number of nitrogens with zero attached hydrogens (tertiary/aromatic N) is 3. The van der Waals surface area contributed by atoms with Gasteiger partial charge < -0.3 is 15.6 Å². The summed E-state index contributed by atoms with van der Waals surface area (Å²) in [5.74, 6) is 1.21. The van der Waals surface area contributed by atoms with Crippen molar-refractivity contribution in [1.29, 1.82) is 0 Å². The summed E-state index contributed by atoms with van der Waals surface area (Å²) in [6, 6.07) is 12.5. The first-order chi connectivity index (χ1) is 10.6. The number of hydrogen-bond acceptors (Lipinski definition) is 5. The minimum atomic E-state index is 0.141. The maximum absolute atomic E-state index is 9.59. The van der Waals surface area contributed by atoms with Crippen LogP contribution in [0.25, 0.3) is 16.9 Å². The fourth-order valence-corrected chi connectivity index (χ4v) is 2.30. The van der Waals surface area contributed by atoms with Gasteiger partial charge >= 0.3 is 0 Å².